The lowest BCUT2D eigenvalue weighted by molar-refractivity contribution is -0.114. The van der Waals surface area contributed by atoms with E-state index in [1.807, 2.05) is 0 Å². The normalized spacial score (nSPS) is 15.6. The lowest BCUT2D eigenvalue weighted by Crippen LogP contribution is -2.26. The molecule has 2 heterocycles. The summed E-state index contributed by atoms with van der Waals surface area (Å²) >= 11 is 0. The van der Waals surface area contributed by atoms with E-state index in [0.29, 0.717) is 28.3 Å². The van der Waals surface area contributed by atoms with Crippen LogP contribution in [-0.2, 0) is 4.79 Å². The van der Waals surface area contributed by atoms with E-state index in [-0.39, 0.29) is 17.3 Å². The van der Waals surface area contributed by atoms with E-state index in [1.165, 1.54) is 19.2 Å². The summed E-state index contributed by atoms with van der Waals surface area (Å²) in [4.78, 5) is 30.9. The van der Waals surface area contributed by atoms with Crippen molar-refractivity contribution in [3.8, 4) is 11.5 Å². The Morgan fingerprint density at radius 1 is 1.24 bits per heavy atom. The number of hydrogen-bond acceptors (Lipinski definition) is 6. The standard InChI is InChI=1S/C17H16N4O4/c1-9-6-15(23)19-17(18-9)21-16(24)12(10(2)20-21)7-11-4-5-13(22)14(8-11)25-3/h4-8,22H,1-3H3,(H,18,19,23). The number of aryl methyl sites for hydroxylation is 1. The van der Waals surface area contributed by atoms with Crippen molar-refractivity contribution in [1.29, 1.82) is 0 Å². The fraction of sp³-hybridized carbons (Fsp3) is 0.176. The highest BCUT2D eigenvalue weighted by Crippen LogP contribution is 2.28. The van der Waals surface area contributed by atoms with Gasteiger partial charge in [-0.3, -0.25) is 14.6 Å². The van der Waals surface area contributed by atoms with Crippen molar-refractivity contribution in [3.05, 3.63) is 51.4 Å². The molecule has 0 fully saturated rings. The van der Waals surface area contributed by atoms with E-state index in [0.717, 1.165) is 5.01 Å². The Balaban J connectivity index is 1.99. The molecule has 128 valence electrons. The molecule has 0 saturated carbocycles. The van der Waals surface area contributed by atoms with Gasteiger partial charge in [-0.1, -0.05) is 6.07 Å². The first-order chi connectivity index (χ1) is 11.9. The van der Waals surface area contributed by atoms with E-state index < -0.39 is 5.91 Å². The number of carbonyl (C=O) groups is 1. The number of nitrogens with zero attached hydrogens (tertiary/aromatic N) is 3. The molecule has 3 rings (SSSR count). The van der Waals surface area contributed by atoms with E-state index in [1.54, 1.807) is 32.1 Å². The number of aromatic nitrogens is 2. The smallest absolute Gasteiger partial charge is 0.283 e. The number of nitrogens with one attached hydrogen (secondary N) is 1. The van der Waals surface area contributed by atoms with Gasteiger partial charge in [-0.2, -0.15) is 10.1 Å². The van der Waals surface area contributed by atoms with E-state index in [2.05, 4.69) is 15.1 Å². The summed E-state index contributed by atoms with van der Waals surface area (Å²) in [5, 5.41) is 14.9. The van der Waals surface area contributed by atoms with Gasteiger partial charge in [0.25, 0.3) is 11.5 Å². The maximum atomic E-state index is 12.7. The number of aromatic hydroxyl groups is 1. The molecule has 25 heavy (non-hydrogen) atoms. The minimum absolute atomic E-state index is 0.0101. The van der Waals surface area contributed by atoms with E-state index >= 15 is 0 Å². The molecule has 1 aliphatic heterocycles. The number of phenolic OH excluding ortho intramolecular Hbond substituents is 1. The maximum Gasteiger partial charge on any atom is 0.283 e. The molecule has 0 unspecified atom stereocenters. The number of H-pyrrole nitrogens is 1. The number of rotatable bonds is 3. The van der Waals surface area contributed by atoms with Crippen LogP contribution in [0.5, 0.6) is 11.5 Å². The molecule has 0 radical (unpaired) electrons. The number of aromatic amines is 1. The second-order valence-corrected chi connectivity index (χ2v) is 5.50. The SMILES string of the molecule is COc1cc(C=C2C(=O)N(c3nc(C)cc(=O)[nH]3)N=C2C)ccc1O. The number of phenols is 1. The molecule has 1 aliphatic rings. The van der Waals surface area contributed by atoms with Gasteiger partial charge in [0.15, 0.2) is 11.5 Å². The van der Waals surface area contributed by atoms with Crippen LogP contribution in [0.25, 0.3) is 6.08 Å². The molecule has 1 aromatic carbocycles. The van der Waals surface area contributed by atoms with Gasteiger partial charge in [-0.25, -0.2) is 4.98 Å². The highest BCUT2D eigenvalue weighted by Gasteiger charge is 2.30. The number of methoxy groups -OCH3 is 1. The highest BCUT2D eigenvalue weighted by atomic mass is 16.5. The van der Waals surface area contributed by atoms with Gasteiger partial charge in [-0.05, 0) is 37.6 Å². The molecule has 8 nitrogen and oxygen atoms in total. The summed E-state index contributed by atoms with van der Waals surface area (Å²) in [6.45, 7) is 3.35. The minimum Gasteiger partial charge on any atom is -0.504 e. The van der Waals surface area contributed by atoms with Crippen LogP contribution < -0.4 is 15.3 Å². The third-order valence-electron chi connectivity index (χ3n) is 3.64. The largest absolute Gasteiger partial charge is 0.504 e. The Bertz CT molecular complexity index is 975. The van der Waals surface area contributed by atoms with Gasteiger partial charge >= 0.3 is 0 Å². The number of carbonyl (C=O) groups excluding carboxylic acids is 1. The number of hydrazone groups is 1. The summed E-state index contributed by atoms with van der Waals surface area (Å²) in [6.07, 6.45) is 1.64. The fourth-order valence-corrected chi connectivity index (χ4v) is 2.44. The number of ether oxygens (including phenoxy) is 1. The van der Waals surface area contributed by atoms with Crippen molar-refractivity contribution < 1.29 is 14.6 Å². The van der Waals surface area contributed by atoms with Crippen molar-refractivity contribution >= 4 is 23.6 Å². The van der Waals surface area contributed by atoms with Gasteiger partial charge < -0.3 is 9.84 Å². The topological polar surface area (TPSA) is 108 Å². The summed E-state index contributed by atoms with van der Waals surface area (Å²) < 4.78 is 5.07. The molecule has 0 spiro atoms. The molecule has 8 heteroatoms. The third kappa shape index (κ3) is 3.14. The monoisotopic (exact) mass is 340 g/mol. The first kappa shape index (κ1) is 16.4. The Hall–Kier alpha value is -3.42. The summed E-state index contributed by atoms with van der Waals surface area (Å²) in [5.74, 6) is -0.0220. The van der Waals surface area contributed by atoms with Crippen LogP contribution in [0.4, 0.5) is 5.95 Å². The van der Waals surface area contributed by atoms with Crippen LogP contribution in [0, 0.1) is 6.92 Å². The minimum atomic E-state index is -0.404. The van der Waals surface area contributed by atoms with Crippen LogP contribution in [0.15, 0.2) is 39.7 Å². The predicted octanol–water partition coefficient (Wildman–Crippen LogP) is 1.60. The van der Waals surface area contributed by atoms with E-state index in [4.69, 9.17) is 4.74 Å². The van der Waals surface area contributed by atoms with E-state index in [9.17, 15) is 14.7 Å². The second kappa shape index (κ2) is 6.23. The van der Waals surface area contributed by atoms with Crippen molar-refractivity contribution in [2.75, 3.05) is 12.1 Å². The van der Waals surface area contributed by atoms with Gasteiger partial charge in [0, 0.05) is 11.8 Å². The van der Waals surface area contributed by atoms with Gasteiger partial charge in [0.2, 0.25) is 5.95 Å². The number of hydrogen-bond donors (Lipinski definition) is 2. The molecule has 0 atom stereocenters. The Labute approximate surface area is 143 Å². The van der Waals surface area contributed by atoms with Crippen molar-refractivity contribution in [2.24, 2.45) is 5.10 Å². The zero-order chi connectivity index (χ0) is 18.1. The van der Waals surface area contributed by atoms with Crippen LogP contribution in [0.3, 0.4) is 0 Å². The lowest BCUT2D eigenvalue weighted by Gasteiger charge is -2.10. The molecule has 1 aromatic heterocycles. The first-order valence-corrected chi connectivity index (χ1v) is 7.45. The zero-order valence-electron chi connectivity index (χ0n) is 13.9. The second-order valence-electron chi connectivity index (χ2n) is 5.50. The Morgan fingerprint density at radius 2 is 2.00 bits per heavy atom. The molecule has 0 saturated heterocycles. The average Bonchev–Trinajstić information content (AvgIpc) is 2.83. The number of anilines is 1. The van der Waals surface area contributed by atoms with Crippen LogP contribution in [0.1, 0.15) is 18.2 Å². The molecular weight excluding hydrogens is 324 g/mol. The summed E-state index contributed by atoms with van der Waals surface area (Å²) in [5.41, 5.74) is 1.64. The van der Waals surface area contributed by atoms with Crippen LogP contribution >= 0.6 is 0 Å². The molecular formula is C17H16N4O4. The number of benzene rings is 1. The van der Waals surface area contributed by atoms with Crippen LogP contribution in [0.2, 0.25) is 0 Å². The first-order valence-electron chi connectivity index (χ1n) is 7.45. The summed E-state index contributed by atoms with van der Waals surface area (Å²) in [7, 11) is 1.45. The fourth-order valence-electron chi connectivity index (χ4n) is 2.44. The Kier molecular flexibility index (Phi) is 4.10. The third-order valence-corrected chi connectivity index (χ3v) is 3.64. The predicted molar refractivity (Wildman–Crippen MR) is 92.8 cm³/mol. The van der Waals surface area contributed by atoms with Gasteiger partial charge in [0.1, 0.15) is 0 Å². The van der Waals surface area contributed by atoms with Gasteiger partial charge in [-0.15, -0.1) is 0 Å². The highest BCUT2D eigenvalue weighted by molar-refractivity contribution is 6.31. The quantitative estimate of drug-likeness (QED) is 0.825. The molecule has 1 amide bonds. The molecule has 2 aromatic rings. The molecule has 0 aliphatic carbocycles. The van der Waals surface area contributed by atoms with Crippen LogP contribution in [-0.4, -0.2) is 33.8 Å². The van der Waals surface area contributed by atoms with Crippen molar-refractivity contribution in [1.82, 2.24) is 9.97 Å². The lowest BCUT2D eigenvalue weighted by atomic mass is 10.1. The maximum absolute atomic E-state index is 12.7. The Morgan fingerprint density at radius 3 is 2.68 bits per heavy atom. The van der Waals surface area contributed by atoms with Crippen molar-refractivity contribution in [3.63, 3.8) is 0 Å². The number of amides is 1. The zero-order valence-corrected chi connectivity index (χ0v) is 13.9. The average molecular weight is 340 g/mol. The molecule has 0 bridgehead atoms. The van der Waals surface area contributed by atoms with Crippen molar-refractivity contribution in [2.45, 2.75) is 13.8 Å². The summed E-state index contributed by atoms with van der Waals surface area (Å²) in [6, 6.07) is 6.08. The van der Waals surface area contributed by atoms with Gasteiger partial charge in [0.05, 0.1) is 18.4 Å². The molecule has 2 N–H and O–H groups in total.